The molecular formula is C19H28F6O3. The van der Waals surface area contributed by atoms with Gasteiger partial charge in [0.25, 0.3) is 11.6 Å². The Balaban J connectivity index is 0.000000640. The van der Waals surface area contributed by atoms with Gasteiger partial charge in [-0.1, -0.05) is 13.8 Å². The molecule has 9 heteroatoms. The van der Waals surface area contributed by atoms with Gasteiger partial charge in [-0.3, -0.25) is 4.79 Å². The van der Waals surface area contributed by atoms with Crippen molar-refractivity contribution < 1.29 is 41.4 Å². The third-order valence-electron chi connectivity index (χ3n) is 6.83. The van der Waals surface area contributed by atoms with Crippen LogP contribution in [0, 0.1) is 35.0 Å². The molecule has 3 aliphatic rings. The SMILES string of the molecule is CC(=O)O.CC1(C)CC1C1CC2CC(C1)C(CC(O)(C(F)(F)F)C(F)(F)F)C2. The van der Waals surface area contributed by atoms with E-state index in [-0.39, 0.29) is 17.3 Å². The predicted molar refractivity (Wildman–Crippen MR) is 89.3 cm³/mol. The van der Waals surface area contributed by atoms with Gasteiger partial charge < -0.3 is 10.2 Å². The number of halogens is 6. The summed E-state index contributed by atoms with van der Waals surface area (Å²) < 4.78 is 77.7. The molecule has 0 aromatic carbocycles. The van der Waals surface area contributed by atoms with Crippen LogP contribution in [0.2, 0.25) is 0 Å². The summed E-state index contributed by atoms with van der Waals surface area (Å²) in [5.74, 6) is -0.485. The van der Waals surface area contributed by atoms with Crippen molar-refractivity contribution in [3.8, 4) is 0 Å². The van der Waals surface area contributed by atoms with Gasteiger partial charge in [0.2, 0.25) is 0 Å². The molecular weight excluding hydrogens is 390 g/mol. The average molecular weight is 418 g/mol. The first kappa shape index (κ1) is 23.3. The van der Waals surface area contributed by atoms with Crippen molar-refractivity contribution in [1.82, 2.24) is 0 Å². The molecule has 0 heterocycles. The van der Waals surface area contributed by atoms with Crippen LogP contribution in [-0.4, -0.2) is 34.1 Å². The Hall–Kier alpha value is -0.990. The lowest BCUT2D eigenvalue weighted by molar-refractivity contribution is -0.373. The van der Waals surface area contributed by atoms with E-state index in [1.165, 1.54) is 0 Å². The van der Waals surface area contributed by atoms with Crippen LogP contribution in [0.4, 0.5) is 26.3 Å². The number of aliphatic hydroxyl groups is 1. The Labute approximate surface area is 160 Å². The molecule has 28 heavy (non-hydrogen) atoms. The highest BCUT2D eigenvalue weighted by Crippen LogP contribution is 2.63. The summed E-state index contributed by atoms with van der Waals surface area (Å²) in [7, 11) is 0. The molecule has 5 unspecified atom stereocenters. The predicted octanol–water partition coefficient (Wildman–Crippen LogP) is 5.42. The Morgan fingerprint density at radius 1 is 0.964 bits per heavy atom. The van der Waals surface area contributed by atoms with Crippen LogP contribution in [0.5, 0.6) is 0 Å². The second-order valence-electron chi connectivity index (χ2n) is 9.47. The lowest BCUT2D eigenvalue weighted by atomic mass is 9.74. The Kier molecular flexibility index (Phi) is 6.12. The van der Waals surface area contributed by atoms with E-state index in [0.29, 0.717) is 31.1 Å². The maximum atomic E-state index is 12.9. The fourth-order valence-electron chi connectivity index (χ4n) is 5.39. The van der Waals surface area contributed by atoms with Gasteiger partial charge in [0.05, 0.1) is 0 Å². The molecule has 164 valence electrons. The van der Waals surface area contributed by atoms with Crippen molar-refractivity contribution in [2.75, 3.05) is 0 Å². The molecule has 0 aliphatic heterocycles. The largest absolute Gasteiger partial charge is 0.481 e. The van der Waals surface area contributed by atoms with Gasteiger partial charge in [0, 0.05) is 6.92 Å². The quantitative estimate of drug-likeness (QED) is 0.602. The minimum atomic E-state index is -5.69. The maximum Gasteiger partial charge on any atom is 0.426 e. The maximum absolute atomic E-state index is 12.9. The van der Waals surface area contributed by atoms with E-state index in [2.05, 4.69) is 13.8 Å². The summed E-state index contributed by atoms with van der Waals surface area (Å²) >= 11 is 0. The van der Waals surface area contributed by atoms with E-state index in [9.17, 15) is 31.4 Å². The zero-order valence-corrected chi connectivity index (χ0v) is 16.2. The van der Waals surface area contributed by atoms with Crippen molar-refractivity contribution >= 4 is 5.97 Å². The first-order chi connectivity index (χ1) is 12.5. The normalized spacial score (nSPS) is 34.4. The summed E-state index contributed by atoms with van der Waals surface area (Å²) in [4.78, 5) is 9.00. The van der Waals surface area contributed by atoms with Crippen molar-refractivity contribution in [1.29, 1.82) is 0 Å². The van der Waals surface area contributed by atoms with Gasteiger partial charge in [-0.25, -0.2) is 0 Å². The third kappa shape index (κ3) is 4.76. The van der Waals surface area contributed by atoms with Crippen LogP contribution in [-0.2, 0) is 4.79 Å². The number of hydrogen-bond donors (Lipinski definition) is 2. The molecule has 0 aromatic heterocycles. The summed E-state index contributed by atoms with van der Waals surface area (Å²) in [5, 5.41) is 16.9. The average Bonchev–Trinajstić information content (AvgIpc) is 3.02. The molecule has 3 fully saturated rings. The summed E-state index contributed by atoms with van der Waals surface area (Å²) in [6.07, 6.45) is -8.83. The molecule has 2 bridgehead atoms. The zero-order valence-electron chi connectivity index (χ0n) is 16.2. The highest BCUT2D eigenvalue weighted by Gasteiger charge is 2.71. The van der Waals surface area contributed by atoms with Crippen molar-refractivity contribution in [3.63, 3.8) is 0 Å². The fourth-order valence-corrected chi connectivity index (χ4v) is 5.39. The fraction of sp³-hybridized carbons (Fsp3) is 0.947. The number of carboxylic acid groups (broad SMARTS) is 1. The van der Waals surface area contributed by atoms with Gasteiger partial charge in [0.15, 0.2) is 0 Å². The third-order valence-corrected chi connectivity index (χ3v) is 6.83. The van der Waals surface area contributed by atoms with E-state index in [1.807, 2.05) is 0 Å². The molecule has 3 aliphatic carbocycles. The Bertz CT molecular complexity index is 565. The van der Waals surface area contributed by atoms with Gasteiger partial charge in [0.1, 0.15) is 0 Å². The summed E-state index contributed by atoms with van der Waals surface area (Å²) in [5.41, 5.74) is -4.33. The minimum Gasteiger partial charge on any atom is -0.481 e. The van der Waals surface area contributed by atoms with Crippen molar-refractivity contribution in [2.24, 2.45) is 35.0 Å². The number of carboxylic acids is 1. The first-order valence-electron chi connectivity index (χ1n) is 9.53. The topological polar surface area (TPSA) is 57.5 Å². The minimum absolute atomic E-state index is 0.124. The summed E-state index contributed by atoms with van der Waals surface area (Å²) in [6, 6.07) is 0. The molecule has 2 N–H and O–H groups in total. The number of aliphatic carboxylic acids is 1. The van der Waals surface area contributed by atoms with Gasteiger partial charge in [-0.15, -0.1) is 0 Å². The second-order valence-corrected chi connectivity index (χ2v) is 9.47. The smallest absolute Gasteiger partial charge is 0.426 e. The molecule has 0 aromatic rings. The van der Waals surface area contributed by atoms with E-state index in [4.69, 9.17) is 9.90 Å². The lowest BCUT2D eigenvalue weighted by Crippen LogP contribution is -2.58. The Morgan fingerprint density at radius 2 is 1.39 bits per heavy atom. The van der Waals surface area contributed by atoms with Crippen LogP contribution < -0.4 is 0 Å². The van der Waals surface area contributed by atoms with Crippen LogP contribution in [0.1, 0.15) is 59.3 Å². The monoisotopic (exact) mass is 418 g/mol. The number of fused-ring (bicyclic) bond motifs is 2. The van der Waals surface area contributed by atoms with Gasteiger partial charge >= 0.3 is 12.4 Å². The van der Waals surface area contributed by atoms with Gasteiger partial charge in [-0.2, -0.15) is 26.3 Å². The van der Waals surface area contributed by atoms with Crippen LogP contribution in [0.15, 0.2) is 0 Å². The van der Waals surface area contributed by atoms with E-state index in [1.54, 1.807) is 0 Å². The van der Waals surface area contributed by atoms with Crippen LogP contribution in [0.25, 0.3) is 0 Å². The van der Waals surface area contributed by atoms with Crippen LogP contribution in [0.3, 0.4) is 0 Å². The highest BCUT2D eigenvalue weighted by atomic mass is 19.4. The van der Waals surface area contributed by atoms with Crippen LogP contribution >= 0.6 is 0 Å². The molecule has 0 radical (unpaired) electrons. The number of rotatable bonds is 3. The molecule has 0 saturated heterocycles. The van der Waals surface area contributed by atoms with Crippen molar-refractivity contribution in [3.05, 3.63) is 0 Å². The number of alkyl halides is 6. The molecule has 3 nitrogen and oxygen atoms in total. The van der Waals surface area contributed by atoms with E-state index >= 15 is 0 Å². The molecule has 3 saturated carbocycles. The first-order valence-corrected chi connectivity index (χ1v) is 9.53. The standard InChI is InChI=1S/C17H24F6O.C2H4O2/c1-14(2)8-13(14)11-4-9-3-10(6-11)12(5-9)7-15(24,16(18,19)20)17(21,22)23;1-2(3)4/h9-13,24H,3-8H2,1-2H3;1H3,(H,3,4). The molecule has 0 spiro atoms. The van der Waals surface area contributed by atoms with E-state index in [0.717, 1.165) is 19.8 Å². The molecule has 3 rings (SSSR count). The molecule has 0 amide bonds. The molecule has 5 atom stereocenters. The second kappa shape index (κ2) is 7.36. The lowest BCUT2D eigenvalue weighted by Gasteiger charge is -2.36. The highest BCUT2D eigenvalue weighted by molar-refractivity contribution is 5.62. The Morgan fingerprint density at radius 3 is 1.79 bits per heavy atom. The zero-order chi connectivity index (χ0) is 21.7. The number of carbonyl (C=O) groups is 1. The summed E-state index contributed by atoms with van der Waals surface area (Å²) in [6.45, 7) is 5.41. The van der Waals surface area contributed by atoms with Crippen molar-refractivity contribution in [2.45, 2.75) is 77.2 Å². The van der Waals surface area contributed by atoms with Gasteiger partial charge in [-0.05, 0) is 73.5 Å². The van der Waals surface area contributed by atoms with E-state index < -0.39 is 36.3 Å². The number of hydrogen-bond acceptors (Lipinski definition) is 2.